The van der Waals surface area contributed by atoms with Crippen molar-refractivity contribution in [2.24, 2.45) is 39.6 Å². The number of carbonyl (C=O) groups is 4. The van der Waals surface area contributed by atoms with E-state index in [9.17, 15) is 45.5 Å². The number of allylic oxidation sites excluding steroid dienone is 3. The van der Waals surface area contributed by atoms with Crippen LogP contribution in [0.4, 0.5) is 26.3 Å². The van der Waals surface area contributed by atoms with Gasteiger partial charge in [-0.15, -0.1) is 0 Å². The molecule has 1 aromatic heterocycles. The van der Waals surface area contributed by atoms with E-state index in [4.69, 9.17) is 14.7 Å². The Balaban J connectivity index is 1.50. The molecular formula is C43H43F6N5O5. The predicted molar refractivity (Wildman–Crippen MR) is 206 cm³/mol. The number of likely N-dealkylation sites (tertiary alicyclic amines) is 1. The molecule has 6 atom stereocenters. The van der Waals surface area contributed by atoms with Crippen LogP contribution in [0, 0.1) is 36.5 Å². The minimum absolute atomic E-state index is 0.000239. The SMILES string of the molecule is CC[C@H]1/C2=C/C3=C(C)C4C(=O)N(Cc5cc(C(F)(F)F)cc(C(F)(F)F)c5)C(=O)/C(=C5N=C(/C=c6\[nH]/c(c(C(C)=O)c6C)=C\C(=N2)[C@@H]1C)[C@@H](C)[C@@H]/5CCC(=O)OC)C4N3. The molecule has 2 amide bonds. The quantitative estimate of drug-likeness (QED) is 0.142. The van der Waals surface area contributed by atoms with Gasteiger partial charge in [0.2, 0.25) is 5.91 Å². The highest BCUT2D eigenvalue weighted by molar-refractivity contribution is 6.17. The van der Waals surface area contributed by atoms with Crippen LogP contribution in [0.2, 0.25) is 0 Å². The summed E-state index contributed by atoms with van der Waals surface area (Å²) < 4.78 is 88.6. The molecule has 6 heterocycles. The van der Waals surface area contributed by atoms with Gasteiger partial charge in [-0.2, -0.15) is 26.3 Å². The molecule has 1 fully saturated rings. The molecule has 7 rings (SSSR count). The number of amides is 2. The van der Waals surface area contributed by atoms with Crippen molar-refractivity contribution in [1.82, 2.24) is 15.2 Å². The van der Waals surface area contributed by atoms with Crippen LogP contribution >= 0.6 is 0 Å². The number of nitrogens with zero attached hydrogens (tertiary/aromatic N) is 3. The zero-order valence-corrected chi connectivity index (χ0v) is 33.4. The number of carbonyl (C=O) groups excluding carboxylic acids is 4. The number of nitrogens with one attached hydrogen (secondary N) is 2. The first-order valence-electron chi connectivity index (χ1n) is 19.4. The second-order valence-electron chi connectivity index (χ2n) is 15.9. The number of methoxy groups -OCH3 is 1. The number of ketones is 1. The van der Waals surface area contributed by atoms with Gasteiger partial charge in [-0.25, -0.2) is 0 Å². The lowest BCUT2D eigenvalue weighted by molar-refractivity contribution is -0.148. The Bertz CT molecular complexity index is 2450. The number of aromatic amines is 1. The fourth-order valence-electron chi connectivity index (χ4n) is 9.16. The van der Waals surface area contributed by atoms with E-state index in [1.165, 1.54) is 14.0 Å². The lowest BCUT2D eigenvalue weighted by Gasteiger charge is -2.37. The Morgan fingerprint density at radius 1 is 0.881 bits per heavy atom. The first-order chi connectivity index (χ1) is 27.6. The van der Waals surface area contributed by atoms with Gasteiger partial charge in [-0.1, -0.05) is 20.8 Å². The lowest BCUT2D eigenvalue weighted by Crippen LogP contribution is -2.54. The molecule has 8 bridgehead atoms. The van der Waals surface area contributed by atoms with Crippen molar-refractivity contribution >= 4 is 47.1 Å². The standard InChI is InChI=1S/C43H43F6N5O5/c1-8-26-18(2)28-16-33-35(22(6)55)20(4)30(51-33)14-29-19(3)27(9-10-34(56)59-7)38(52-29)37-39-36(21(5)31(53-39)15-32(26)50-28)40(57)54(41(37)58)17-23-11-24(42(44,45)46)13-25(12-23)43(47,48)49/h11-16,18-19,26-27,36,39,51,53H,8-10,17H2,1-7H3/b30-14-,32-15-,33-16-,38-37+/t18-,19+,26-,27+,36?,39?/m1/s1. The van der Waals surface area contributed by atoms with E-state index in [2.05, 4.69) is 10.3 Å². The molecule has 2 unspecified atom stereocenters. The molecule has 1 aromatic carbocycles. The van der Waals surface area contributed by atoms with Crippen molar-refractivity contribution < 1.29 is 50.3 Å². The van der Waals surface area contributed by atoms with Gasteiger partial charge in [0.05, 0.1) is 53.4 Å². The van der Waals surface area contributed by atoms with Gasteiger partial charge in [0, 0.05) is 63.8 Å². The summed E-state index contributed by atoms with van der Waals surface area (Å²) >= 11 is 0. The molecule has 0 aliphatic carbocycles. The predicted octanol–water partition coefficient (Wildman–Crippen LogP) is 6.48. The highest BCUT2D eigenvalue weighted by atomic mass is 19.4. The van der Waals surface area contributed by atoms with Crippen molar-refractivity contribution in [3.63, 3.8) is 0 Å². The Morgan fingerprint density at radius 3 is 2.08 bits per heavy atom. The van der Waals surface area contributed by atoms with Crippen LogP contribution in [-0.2, 0) is 38.0 Å². The van der Waals surface area contributed by atoms with Crippen molar-refractivity contribution in [2.75, 3.05) is 7.11 Å². The highest BCUT2D eigenvalue weighted by Crippen LogP contribution is 2.46. The van der Waals surface area contributed by atoms with Crippen LogP contribution in [0.15, 0.2) is 62.5 Å². The van der Waals surface area contributed by atoms with Gasteiger partial charge in [0.1, 0.15) is 0 Å². The van der Waals surface area contributed by atoms with E-state index in [1.54, 1.807) is 19.9 Å². The third kappa shape index (κ3) is 7.28. The second-order valence-corrected chi connectivity index (χ2v) is 15.9. The number of rotatable bonds is 7. The van der Waals surface area contributed by atoms with Gasteiger partial charge in [0.25, 0.3) is 5.91 Å². The number of piperidine rings is 1. The fraction of sp³-hybridized carbons (Fsp3) is 0.442. The molecule has 0 spiro atoms. The minimum atomic E-state index is -5.16. The zero-order valence-electron chi connectivity index (χ0n) is 33.4. The first-order valence-corrected chi connectivity index (χ1v) is 19.4. The van der Waals surface area contributed by atoms with Crippen molar-refractivity contribution in [3.8, 4) is 0 Å². The van der Waals surface area contributed by atoms with Crippen LogP contribution in [0.5, 0.6) is 0 Å². The molecular weight excluding hydrogens is 780 g/mol. The zero-order chi connectivity index (χ0) is 43.0. The van der Waals surface area contributed by atoms with E-state index >= 15 is 0 Å². The third-order valence-electron chi connectivity index (χ3n) is 12.4. The largest absolute Gasteiger partial charge is 0.469 e. The Kier molecular flexibility index (Phi) is 10.5. The van der Waals surface area contributed by atoms with Crippen LogP contribution < -0.4 is 16.0 Å². The monoisotopic (exact) mass is 823 g/mol. The number of benzene rings is 1. The Morgan fingerprint density at radius 2 is 1.49 bits per heavy atom. The average Bonchev–Trinajstić information content (AvgIpc) is 3.84. The number of imide groups is 1. The summed E-state index contributed by atoms with van der Waals surface area (Å²) in [5, 5.41) is 4.51. The number of H-pyrrole nitrogens is 1. The lowest BCUT2D eigenvalue weighted by atomic mass is 9.79. The van der Waals surface area contributed by atoms with Crippen LogP contribution in [0.3, 0.4) is 0 Å². The fourth-order valence-corrected chi connectivity index (χ4v) is 9.16. The number of esters is 1. The molecule has 0 saturated carbocycles. The summed E-state index contributed by atoms with van der Waals surface area (Å²) in [5.41, 5.74) is 0.457. The summed E-state index contributed by atoms with van der Waals surface area (Å²) in [7, 11) is 1.24. The number of fused-ring (bicyclic) bond motifs is 5. The summed E-state index contributed by atoms with van der Waals surface area (Å²) in [5.74, 6) is -4.80. The smallest absolute Gasteiger partial charge is 0.416 e. The van der Waals surface area contributed by atoms with Gasteiger partial charge in [-0.3, -0.25) is 34.1 Å². The van der Waals surface area contributed by atoms with Crippen molar-refractivity contribution in [3.05, 3.63) is 91.0 Å². The topological polar surface area (TPSA) is 133 Å². The Hall–Kier alpha value is -5.54. The number of halogens is 6. The van der Waals surface area contributed by atoms with E-state index in [-0.39, 0.29) is 47.8 Å². The number of aromatic nitrogens is 1. The number of aliphatic imine (C=N–C) groups is 2. The molecule has 2 aromatic rings. The van der Waals surface area contributed by atoms with E-state index in [0.29, 0.717) is 73.7 Å². The van der Waals surface area contributed by atoms with Crippen LogP contribution in [-0.4, -0.2) is 58.0 Å². The molecule has 59 heavy (non-hydrogen) atoms. The number of hydrogen-bond acceptors (Lipinski definition) is 8. The third-order valence-corrected chi connectivity index (χ3v) is 12.4. The van der Waals surface area contributed by atoms with Gasteiger partial charge in [-0.05, 0) is 86.7 Å². The maximum Gasteiger partial charge on any atom is 0.416 e. The second kappa shape index (κ2) is 14.9. The van der Waals surface area contributed by atoms with E-state index < -0.39 is 77.2 Å². The summed E-state index contributed by atoms with van der Waals surface area (Å²) in [6, 6.07) is -0.0281. The number of hydrogen-bond donors (Lipinski definition) is 2. The first kappa shape index (κ1) is 41.6. The van der Waals surface area contributed by atoms with Crippen LogP contribution in [0.1, 0.15) is 86.5 Å². The normalized spacial score (nSPS) is 28.6. The summed E-state index contributed by atoms with van der Waals surface area (Å²) in [6.45, 7) is 9.96. The van der Waals surface area contributed by atoms with Crippen LogP contribution in [0.25, 0.3) is 12.2 Å². The molecule has 2 N–H and O–H groups in total. The molecule has 5 aliphatic rings. The molecule has 312 valence electrons. The summed E-state index contributed by atoms with van der Waals surface area (Å²) in [4.78, 5) is 69.2. The van der Waals surface area contributed by atoms with Gasteiger partial charge in [0.15, 0.2) is 5.78 Å². The van der Waals surface area contributed by atoms with Gasteiger partial charge >= 0.3 is 18.3 Å². The minimum Gasteiger partial charge on any atom is -0.469 e. The van der Waals surface area contributed by atoms with E-state index in [0.717, 1.165) is 0 Å². The number of alkyl halides is 6. The van der Waals surface area contributed by atoms with Gasteiger partial charge < -0.3 is 15.0 Å². The summed E-state index contributed by atoms with van der Waals surface area (Å²) in [6.07, 6.45) is -4.12. The maximum atomic E-state index is 14.9. The Labute approximate surface area is 335 Å². The molecule has 1 saturated heterocycles. The van der Waals surface area contributed by atoms with E-state index in [1.807, 2.05) is 32.9 Å². The van der Waals surface area contributed by atoms with Crippen molar-refractivity contribution in [2.45, 2.75) is 85.7 Å². The molecule has 10 nitrogen and oxygen atoms in total. The molecule has 16 heteroatoms. The average molecular weight is 824 g/mol. The molecule has 0 radical (unpaired) electrons. The molecule has 5 aliphatic heterocycles. The maximum absolute atomic E-state index is 14.9. The highest BCUT2D eigenvalue weighted by Gasteiger charge is 2.52. The number of ether oxygens (including phenoxy) is 1. The number of Topliss-reactive ketones (excluding diaryl/α,β-unsaturated/α-hetero) is 1. The van der Waals surface area contributed by atoms with Crippen molar-refractivity contribution in [1.29, 1.82) is 0 Å².